The van der Waals surface area contributed by atoms with E-state index in [1.165, 1.54) is 18.2 Å². The van der Waals surface area contributed by atoms with Gasteiger partial charge in [-0.15, -0.1) is 0 Å². The summed E-state index contributed by atoms with van der Waals surface area (Å²) in [7, 11) is 0. The van der Waals surface area contributed by atoms with Gasteiger partial charge in [0.1, 0.15) is 0 Å². The zero-order valence-corrected chi connectivity index (χ0v) is 5.57. The molecule has 0 fully saturated rings. The molecule has 0 amide bonds. The highest BCUT2D eigenvalue weighted by atomic mass is 16.4. The van der Waals surface area contributed by atoms with Gasteiger partial charge < -0.3 is 15.9 Å². The molecule has 0 heterocycles. The van der Waals surface area contributed by atoms with Crippen LogP contribution in [-0.2, 0) is 0 Å². The molecule has 0 bridgehead atoms. The van der Waals surface area contributed by atoms with Crippen molar-refractivity contribution in [1.29, 1.82) is 0 Å². The molecule has 1 rings (SSSR count). The SMILES string of the molecule is Nc1cccc(C(=O)O)c1[O-]. The Labute approximate surface area is 62.9 Å². The van der Waals surface area contributed by atoms with Crippen LogP contribution in [0.5, 0.6) is 5.75 Å². The first kappa shape index (κ1) is 7.40. The molecule has 0 radical (unpaired) electrons. The minimum absolute atomic E-state index is 0.0371. The van der Waals surface area contributed by atoms with Gasteiger partial charge in [0, 0.05) is 5.69 Å². The second-order valence-corrected chi connectivity index (χ2v) is 2.03. The summed E-state index contributed by atoms with van der Waals surface area (Å²) >= 11 is 0. The summed E-state index contributed by atoms with van der Waals surface area (Å²) in [5.41, 5.74) is 4.86. The monoisotopic (exact) mass is 152 g/mol. The highest BCUT2D eigenvalue weighted by Crippen LogP contribution is 2.20. The van der Waals surface area contributed by atoms with Gasteiger partial charge in [0.25, 0.3) is 0 Å². The zero-order chi connectivity index (χ0) is 8.43. The summed E-state index contributed by atoms with van der Waals surface area (Å²) in [6.45, 7) is 0. The minimum Gasteiger partial charge on any atom is -0.870 e. The topological polar surface area (TPSA) is 86.4 Å². The number of aromatic carboxylic acids is 1. The van der Waals surface area contributed by atoms with E-state index in [0.717, 1.165) is 0 Å². The molecule has 0 aliphatic carbocycles. The Morgan fingerprint density at radius 3 is 2.64 bits per heavy atom. The van der Waals surface area contributed by atoms with E-state index in [9.17, 15) is 9.90 Å². The normalized spacial score (nSPS) is 9.45. The summed E-state index contributed by atoms with van der Waals surface area (Å²) in [4.78, 5) is 10.3. The maximum absolute atomic E-state index is 10.9. The van der Waals surface area contributed by atoms with Gasteiger partial charge in [-0.1, -0.05) is 11.8 Å². The van der Waals surface area contributed by atoms with Crippen molar-refractivity contribution in [2.75, 3.05) is 5.73 Å². The molecular formula is C7H6NO3-. The van der Waals surface area contributed by atoms with Crippen LogP contribution in [0.1, 0.15) is 10.4 Å². The van der Waals surface area contributed by atoms with Crippen molar-refractivity contribution in [2.24, 2.45) is 0 Å². The first-order valence-corrected chi connectivity index (χ1v) is 2.91. The van der Waals surface area contributed by atoms with Crippen LogP contribution in [0.2, 0.25) is 0 Å². The summed E-state index contributed by atoms with van der Waals surface area (Å²) in [6.07, 6.45) is 0. The summed E-state index contributed by atoms with van der Waals surface area (Å²) in [6, 6.07) is 4.02. The molecule has 0 saturated heterocycles. The van der Waals surface area contributed by atoms with E-state index in [1.807, 2.05) is 0 Å². The number of carboxylic acid groups (broad SMARTS) is 1. The summed E-state index contributed by atoms with van der Waals surface area (Å²) in [5, 5.41) is 19.3. The lowest BCUT2D eigenvalue weighted by atomic mass is 10.2. The van der Waals surface area contributed by atoms with E-state index in [2.05, 4.69) is 0 Å². The van der Waals surface area contributed by atoms with Crippen LogP contribution >= 0.6 is 0 Å². The van der Waals surface area contributed by atoms with Gasteiger partial charge in [0.2, 0.25) is 0 Å². The van der Waals surface area contributed by atoms with Gasteiger partial charge in [-0.05, 0) is 12.1 Å². The largest absolute Gasteiger partial charge is 0.870 e. The third kappa shape index (κ3) is 1.24. The van der Waals surface area contributed by atoms with E-state index in [0.29, 0.717) is 0 Å². The third-order valence-electron chi connectivity index (χ3n) is 1.28. The number of carboxylic acids is 1. The van der Waals surface area contributed by atoms with E-state index in [4.69, 9.17) is 10.8 Å². The van der Waals surface area contributed by atoms with E-state index >= 15 is 0 Å². The molecule has 4 nitrogen and oxygen atoms in total. The van der Waals surface area contributed by atoms with Crippen molar-refractivity contribution >= 4 is 11.7 Å². The Morgan fingerprint density at radius 1 is 1.55 bits per heavy atom. The Balaban J connectivity index is 3.27. The van der Waals surface area contributed by atoms with Crippen LogP contribution in [0.25, 0.3) is 0 Å². The van der Waals surface area contributed by atoms with Crippen LogP contribution in [0.4, 0.5) is 5.69 Å². The van der Waals surface area contributed by atoms with E-state index in [-0.39, 0.29) is 11.3 Å². The summed E-state index contributed by atoms with van der Waals surface area (Å²) in [5.74, 6) is -1.87. The fraction of sp³-hybridized carbons (Fsp3) is 0. The molecule has 0 aliphatic rings. The predicted molar refractivity (Wildman–Crippen MR) is 37.3 cm³/mol. The van der Waals surface area contributed by atoms with Gasteiger partial charge in [0.15, 0.2) is 0 Å². The highest BCUT2D eigenvalue weighted by molar-refractivity contribution is 5.92. The maximum atomic E-state index is 10.9. The molecule has 0 atom stereocenters. The Kier molecular flexibility index (Phi) is 1.68. The maximum Gasteiger partial charge on any atom is 0.335 e. The lowest BCUT2D eigenvalue weighted by molar-refractivity contribution is -0.267. The van der Waals surface area contributed by atoms with Crippen molar-refractivity contribution in [2.45, 2.75) is 0 Å². The number of nitrogen functional groups attached to an aromatic ring is 1. The molecule has 0 unspecified atom stereocenters. The fourth-order valence-electron chi connectivity index (χ4n) is 0.723. The van der Waals surface area contributed by atoms with Crippen LogP contribution in [0, 0.1) is 0 Å². The molecule has 0 spiro atoms. The zero-order valence-electron chi connectivity index (χ0n) is 5.57. The molecule has 1 aromatic rings. The standard InChI is InChI=1S/C7H7NO3/c8-5-3-1-2-4(6(5)9)7(10)11/h1-3,9H,8H2,(H,10,11)/p-1. The first-order chi connectivity index (χ1) is 5.13. The number of hydrogen-bond acceptors (Lipinski definition) is 3. The van der Waals surface area contributed by atoms with Crippen molar-refractivity contribution in [3.8, 4) is 5.75 Å². The van der Waals surface area contributed by atoms with Crippen molar-refractivity contribution in [3.05, 3.63) is 23.8 Å². The number of nitrogens with two attached hydrogens (primary N) is 1. The minimum atomic E-state index is -1.25. The average Bonchev–Trinajstić information content (AvgIpc) is 1.94. The Hall–Kier alpha value is -1.71. The van der Waals surface area contributed by atoms with Crippen LogP contribution < -0.4 is 10.8 Å². The molecular weight excluding hydrogens is 146 g/mol. The van der Waals surface area contributed by atoms with Crippen molar-refractivity contribution in [3.63, 3.8) is 0 Å². The van der Waals surface area contributed by atoms with Gasteiger partial charge in [-0.3, -0.25) is 0 Å². The van der Waals surface area contributed by atoms with Gasteiger partial charge >= 0.3 is 5.97 Å². The van der Waals surface area contributed by atoms with Gasteiger partial charge in [-0.25, -0.2) is 4.79 Å². The molecule has 0 saturated carbocycles. The Bertz CT molecular complexity index is 296. The first-order valence-electron chi connectivity index (χ1n) is 2.91. The third-order valence-corrected chi connectivity index (χ3v) is 1.28. The highest BCUT2D eigenvalue weighted by Gasteiger charge is 2.03. The van der Waals surface area contributed by atoms with Crippen LogP contribution in [-0.4, -0.2) is 11.1 Å². The second-order valence-electron chi connectivity index (χ2n) is 2.03. The number of benzene rings is 1. The van der Waals surface area contributed by atoms with Crippen LogP contribution in [0.3, 0.4) is 0 Å². The lowest BCUT2D eigenvalue weighted by Gasteiger charge is -2.11. The predicted octanol–water partition coefficient (Wildman–Crippen LogP) is 0.0406. The molecule has 3 N–H and O–H groups in total. The molecule has 0 aromatic heterocycles. The van der Waals surface area contributed by atoms with Crippen LogP contribution in [0.15, 0.2) is 18.2 Å². The number of carbonyl (C=O) groups is 1. The number of hydrogen-bond donors (Lipinski definition) is 2. The smallest absolute Gasteiger partial charge is 0.335 e. The number of rotatable bonds is 1. The average molecular weight is 152 g/mol. The summed E-state index contributed by atoms with van der Waals surface area (Å²) < 4.78 is 0. The molecule has 11 heavy (non-hydrogen) atoms. The fourth-order valence-corrected chi connectivity index (χ4v) is 0.723. The number of anilines is 1. The van der Waals surface area contributed by atoms with Crippen molar-refractivity contribution in [1.82, 2.24) is 0 Å². The van der Waals surface area contributed by atoms with E-state index in [1.54, 1.807) is 0 Å². The molecule has 58 valence electrons. The molecule has 1 aromatic carbocycles. The quantitative estimate of drug-likeness (QED) is 0.556. The molecule has 4 heteroatoms. The van der Waals surface area contributed by atoms with Gasteiger partial charge in [-0.2, -0.15) is 0 Å². The Morgan fingerprint density at radius 2 is 2.18 bits per heavy atom. The van der Waals surface area contributed by atoms with Crippen molar-refractivity contribution < 1.29 is 15.0 Å². The lowest BCUT2D eigenvalue weighted by Crippen LogP contribution is -2.06. The second kappa shape index (κ2) is 2.49. The molecule has 0 aliphatic heterocycles. The van der Waals surface area contributed by atoms with E-state index < -0.39 is 11.7 Å². The van der Waals surface area contributed by atoms with Gasteiger partial charge in [0.05, 0.1) is 5.56 Å². The number of para-hydroxylation sites is 1.